The van der Waals surface area contributed by atoms with Crippen molar-refractivity contribution in [3.05, 3.63) is 64.7 Å². The fourth-order valence-corrected chi connectivity index (χ4v) is 3.59. The highest BCUT2D eigenvalue weighted by atomic mass is 16.6. The molecule has 2 aromatic carbocycles. The number of carbonyl (C=O) groups excluding carboxylic acids is 4. The Morgan fingerprint density at radius 2 is 1.70 bits per heavy atom. The minimum atomic E-state index is -0.951. The van der Waals surface area contributed by atoms with Crippen LogP contribution in [0.1, 0.15) is 59.5 Å². The van der Waals surface area contributed by atoms with Gasteiger partial charge in [-0.3, -0.25) is 9.59 Å². The maximum absolute atomic E-state index is 12.9. The smallest absolute Gasteiger partial charge is 0.408 e. The van der Waals surface area contributed by atoms with Crippen LogP contribution in [0.3, 0.4) is 0 Å². The van der Waals surface area contributed by atoms with Crippen molar-refractivity contribution < 1.29 is 28.7 Å². The first-order valence-corrected chi connectivity index (χ1v) is 10.8. The second-order valence-electron chi connectivity index (χ2n) is 8.76. The van der Waals surface area contributed by atoms with Crippen LogP contribution in [0, 0.1) is 6.92 Å². The van der Waals surface area contributed by atoms with E-state index in [2.05, 4.69) is 5.32 Å². The molecule has 0 aromatic heterocycles. The minimum absolute atomic E-state index is 0.152. The van der Waals surface area contributed by atoms with Gasteiger partial charge in [-0.05, 0) is 63.9 Å². The predicted octanol–water partition coefficient (Wildman–Crippen LogP) is 3.79. The quantitative estimate of drug-likeness (QED) is 0.528. The normalized spacial score (nSPS) is 14.0. The lowest BCUT2D eigenvalue weighted by Crippen LogP contribution is -2.45. The van der Waals surface area contributed by atoms with Crippen LogP contribution in [0.5, 0.6) is 0 Å². The van der Waals surface area contributed by atoms with Gasteiger partial charge in [-0.2, -0.15) is 0 Å². The summed E-state index contributed by atoms with van der Waals surface area (Å²) >= 11 is 0. The average molecular weight is 453 g/mol. The van der Waals surface area contributed by atoms with Gasteiger partial charge in [-0.1, -0.05) is 24.3 Å². The van der Waals surface area contributed by atoms with Gasteiger partial charge >= 0.3 is 12.1 Å². The zero-order valence-corrected chi connectivity index (χ0v) is 19.4. The van der Waals surface area contributed by atoms with Crippen molar-refractivity contribution in [2.24, 2.45) is 0 Å². The summed E-state index contributed by atoms with van der Waals surface area (Å²) in [6, 6.07) is 10.9. The lowest BCUT2D eigenvalue weighted by Gasteiger charge is -2.23. The van der Waals surface area contributed by atoms with Gasteiger partial charge in [0.15, 0.2) is 0 Å². The van der Waals surface area contributed by atoms with Gasteiger partial charge in [0.2, 0.25) is 0 Å². The lowest BCUT2D eigenvalue weighted by atomic mass is 10.0. The van der Waals surface area contributed by atoms with E-state index < -0.39 is 23.7 Å². The molecule has 0 aliphatic carbocycles. The van der Waals surface area contributed by atoms with Crippen LogP contribution in [0.4, 0.5) is 10.5 Å². The predicted molar refractivity (Wildman–Crippen MR) is 122 cm³/mol. The Balaban J connectivity index is 1.77. The van der Waals surface area contributed by atoms with Crippen LogP contribution in [0.25, 0.3) is 0 Å². The summed E-state index contributed by atoms with van der Waals surface area (Å²) in [4.78, 5) is 51.4. The molecule has 0 saturated carbocycles. The minimum Gasteiger partial charge on any atom is -0.464 e. The maximum atomic E-state index is 12.9. The van der Waals surface area contributed by atoms with Gasteiger partial charge in [0.05, 0.1) is 23.4 Å². The molecule has 0 spiro atoms. The third kappa shape index (κ3) is 5.39. The number of hydrogen-bond donors (Lipinski definition) is 1. The first kappa shape index (κ1) is 24.0. The summed E-state index contributed by atoms with van der Waals surface area (Å²) in [5, 5.41) is 2.55. The van der Waals surface area contributed by atoms with Crippen molar-refractivity contribution in [2.45, 2.75) is 52.7 Å². The van der Waals surface area contributed by atoms with E-state index in [-0.39, 0.29) is 24.8 Å². The van der Waals surface area contributed by atoms with Gasteiger partial charge in [-0.15, -0.1) is 0 Å². The number of anilines is 1. The number of esters is 1. The van der Waals surface area contributed by atoms with Crippen LogP contribution < -0.4 is 10.2 Å². The SMILES string of the molecule is CCOC(=O)[C@H](Cc1ccc(N2C(=O)c3cccc(C)c3C2=O)cc1)NC(=O)OC(C)(C)C. The van der Waals surface area contributed by atoms with Crippen LogP contribution in [-0.2, 0) is 20.7 Å². The average Bonchev–Trinajstić information content (AvgIpc) is 2.98. The Labute approximate surface area is 192 Å². The van der Waals surface area contributed by atoms with Crippen LogP contribution in [0.2, 0.25) is 0 Å². The Morgan fingerprint density at radius 1 is 1.03 bits per heavy atom. The molecular weight excluding hydrogens is 424 g/mol. The monoisotopic (exact) mass is 452 g/mol. The maximum Gasteiger partial charge on any atom is 0.408 e. The molecule has 8 nitrogen and oxygen atoms in total. The number of rotatable bonds is 6. The van der Waals surface area contributed by atoms with Crippen molar-refractivity contribution in [3.63, 3.8) is 0 Å². The van der Waals surface area contributed by atoms with Crippen LogP contribution >= 0.6 is 0 Å². The number of nitrogens with zero attached hydrogens (tertiary/aromatic N) is 1. The molecule has 33 heavy (non-hydrogen) atoms. The first-order valence-electron chi connectivity index (χ1n) is 10.8. The summed E-state index contributed by atoms with van der Waals surface area (Å²) in [7, 11) is 0. The Bertz CT molecular complexity index is 1090. The van der Waals surface area contributed by atoms with Crippen LogP contribution in [-0.4, -0.2) is 42.1 Å². The first-order chi connectivity index (χ1) is 15.5. The highest BCUT2D eigenvalue weighted by Crippen LogP contribution is 2.30. The van der Waals surface area contributed by atoms with Gasteiger partial charge in [0.25, 0.3) is 11.8 Å². The summed E-state index contributed by atoms with van der Waals surface area (Å²) < 4.78 is 10.3. The number of benzene rings is 2. The number of nitrogens with one attached hydrogen (secondary N) is 1. The van der Waals surface area contributed by atoms with Gasteiger partial charge in [0.1, 0.15) is 11.6 Å². The molecule has 1 heterocycles. The highest BCUT2D eigenvalue weighted by Gasteiger charge is 2.37. The largest absolute Gasteiger partial charge is 0.464 e. The number of amides is 3. The van der Waals surface area contributed by atoms with E-state index in [0.29, 0.717) is 22.4 Å². The Hall–Kier alpha value is -3.68. The zero-order valence-electron chi connectivity index (χ0n) is 19.4. The van der Waals surface area contributed by atoms with E-state index in [1.807, 2.05) is 0 Å². The molecule has 1 aliphatic heterocycles. The third-order valence-corrected chi connectivity index (χ3v) is 5.02. The molecule has 0 saturated heterocycles. The molecule has 8 heteroatoms. The molecule has 0 unspecified atom stereocenters. The van der Waals surface area contributed by atoms with Crippen molar-refractivity contribution in [3.8, 4) is 0 Å². The third-order valence-electron chi connectivity index (χ3n) is 5.02. The molecule has 3 rings (SSSR count). The molecule has 3 amide bonds. The summed E-state index contributed by atoms with van der Waals surface area (Å²) in [6.07, 6.45) is -0.571. The zero-order chi connectivity index (χ0) is 24.3. The second-order valence-corrected chi connectivity index (χ2v) is 8.76. The van der Waals surface area contributed by atoms with E-state index in [9.17, 15) is 19.2 Å². The fourth-order valence-electron chi connectivity index (χ4n) is 3.59. The van der Waals surface area contributed by atoms with Crippen molar-refractivity contribution in [2.75, 3.05) is 11.5 Å². The van der Waals surface area contributed by atoms with Crippen molar-refractivity contribution in [1.29, 1.82) is 0 Å². The molecule has 1 atom stereocenters. The van der Waals surface area contributed by atoms with Crippen molar-refractivity contribution >= 4 is 29.6 Å². The molecule has 1 aliphatic rings. The fraction of sp³-hybridized carbons (Fsp3) is 0.360. The molecule has 0 fully saturated rings. The lowest BCUT2D eigenvalue weighted by molar-refractivity contribution is -0.145. The summed E-state index contributed by atoms with van der Waals surface area (Å²) in [5.74, 6) is -1.32. The summed E-state index contributed by atoms with van der Waals surface area (Å²) in [6.45, 7) is 8.83. The topological polar surface area (TPSA) is 102 Å². The Kier molecular flexibility index (Phi) is 6.86. The highest BCUT2D eigenvalue weighted by molar-refractivity contribution is 6.34. The Morgan fingerprint density at radius 3 is 2.27 bits per heavy atom. The second kappa shape index (κ2) is 9.44. The number of fused-ring (bicyclic) bond motifs is 1. The number of carbonyl (C=O) groups is 4. The van der Waals surface area contributed by atoms with Gasteiger partial charge in [0, 0.05) is 6.42 Å². The number of ether oxygens (including phenoxy) is 2. The van der Waals surface area contributed by atoms with Gasteiger partial charge < -0.3 is 14.8 Å². The number of alkyl carbamates (subject to hydrolysis) is 1. The van der Waals surface area contributed by atoms with Crippen LogP contribution in [0.15, 0.2) is 42.5 Å². The standard InChI is InChI=1S/C25H28N2O6/c1-6-32-23(30)19(26-24(31)33-25(3,4)5)14-16-10-12-17(13-11-16)27-21(28)18-9-7-8-15(2)20(18)22(27)29/h7-13,19H,6,14H2,1-5H3,(H,26,31)/t19-/m0/s1. The summed E-state index contributed by atoms with van der Waals surface area (Å²) in [5.41, 5.74) is 1.96. The number of aryl methyl sites for hydroxylation is 1. The molecule has 0 radical (unpaired) electrons. The van der Waals surface area contributed by atoms with E-state index in [0.717, 1.165) is 10.5 Å². The molecule has 1 N–H and O–H groups in total. The van der Waals surface area contributed by atoms with Crippen molar-refractivity contribution in [1.82, 2.24) is 5.32 Å². The van der Waals surface area contributed by atoms with E-state index >= 15 is 0 Å². The number of hydrogen-bond acceptors (Lipinski definition) is 6. The van der Waals surface area contributed by atoms with E-state index in [1.54, 1.807) is 77.1 Å². The molecule has 2 aromatic rings. The number of imide groups is 1. The molecular formula is C25H28N2O6. The van der Waals surface area contributed by atoms with Gasteiger partial charge in [-0.25, -0.2) is 14.5 Å². The van der Waals surface area contributed by atoms with E-state index in [4.69, 9.17) is 9.47 Å². The van der Waals surface area contributed by atoms with E-state index in [1.165, 1.54) is 0 Å². The molecule has 0 bridgehead atoms. The molecule has 174 valence electrons.